The number of allylic oxidation sites excluding steroid dienone is 1. The number of aromatic nitrogens is 1. The van der Waals surface area contributed by atoms with E-state index in [9.17, 15) is 9.18 Å². The van der Waals surface area contributed by atoms with Gasteiger partial charge in [-0.1, -0.05) is 51.6 Å². The molecule has 2 aromatic carbocycles. The number of carbonyl (C=O) groups excluding carboxylic acids is 1. The van der Waals surface area contributed by atoms with Crippen LogP contribution in [0.25, 0.3) is 5.57 Å². The summed E-state index contributed by atoms with van der Waals surface area (Å²) in [5, 5.41) is 0. The largest absolute Gasteiger partial charge is 0.368 e. The Labute approximate surface area is 264 Å². The van der Waals surface area contributed by atoms with Gasteiger partial charge in [0.15, 0.2) is 0 Å². The van der Waals surface area contributed by atoms with Gasteiger partial charge in [0.1, 0.15) is 11.6 Å². The molecule has 7 heteroatoms. The second-order valence-electron chi connectivity index (χ2n) is 11.3. The molecule has 5 rings (SSSR count). The Morgan fingerprint density at radius 1 is 0.909 bits per heavy atom. The van der Waals surface area contributed by atoms with E-state index in [0.717, 1.165) is 49.4 Å². The van der Waals surface area contributed by atoms with E-state index in [4.69, 9.17) is 0 Å². The normalized spacial score (nSPS) is 15.1. The van der Waals surface area contributed by atoms with Gasteiger partial charge in [-0.25, -0.2) is 9.37 Å². The Balaban J connectivity index is 0.00000264. The van der Waals surface area contributed by atoms with Gasteiger partial charge < -0.3 is 14.7 Å². The Morgan fingerprint density at radius 2 is 1.57 bits per heavy atom. The number of benzene rings is 2. The van der Waals surface area contributed by atoms with Crippen LogP contribution in [0.15, 0.2) is 55.2 Å². The van der Waals surface area contributed by atoms with E-state index in [1.165, 1.54) is 34.6 Å². The third-order valence-corrected chi connectivity index (χ3v) is 8.34. The molecule has 0 unspecified atom stereocenters. The minimum atomic E-state index is -0.397. The zero-order valence-corrected chi connectivity index (χ0v) is 25.2. The molecule has 0 atom stereocenters. The first-order chi connectivity index (χ1) is 20.2. The smallest absolute Gasteiger partial charge is 0.254 e. The molecule has 0 bridgehead atoms. The molecule has 3 aromatic rings. The third kappa shape index (κ3) is 7.49. The van der Waals surface area contributed by atoms with Crippen LogP contribution >= 0.6 is 0 Å². The van der Waals surface area contributed by atoms with Gasteiger partial charge in [0.05, 0.1) is 11.8 Å². The van der Waals surface area contributed by atoms with Crippen LogP contribution in [0.3, 0.4) is 0 Å². The van der Waals surface area contributed by atoms with Crippen LogP contribution in [0.1, 0.15) is 66.9 Å². The molecule has 2 fully saturated rings. The summed E-state index contributed by atoms with van der Waals surface area (Å²) in [5.41, 5.74) is 8.35. The van der Waals surface area contributed by atoms with Crippen LogP contribution in [0.2, 0.25) is 0 Å². The second-order valence-corrected chi connectivity index (χ2v) is 11.3. The Kier molecular flexibility index (Phi) is 11.7. The van der Waals surface area contributed by atoms with Crippen molar-refractivity contribution in [3.05, 3.63) is 94.4 Å². The first kappa shape index (κ1) is 34.3. The number of aryl methyl sites for hydroxylation is 2. The monoisotopic (exact) mass is 597 g/mol. The lowest BCUT2D eigenvalue weighted by atomic mass is 9.98. The van der Waals surface area contributed by atoms with Gasteiger partial charge in [0.25, 0.3) is 5.91 Å². The second kappa shape index (κ2) is 15.0. The van der Waals surface area contributed by atoms with Crippen molar-refractivity contribution in [3.8, 4) is 11.8 Å². The molecule has 1 aromatic heterocycles. The standard InChI is InChI=1S/C35H40FN5O.2CH4/c1-6-9-28-21-30(36)23-37-34(28)40-16-18-41(19-17-40)35(42)32-22-29(26(4)20-27(32)5)24-38-12-14-39(15-13-38)33-11-8-7-10-31(33)25(2)3;;/h7-8,10-11,20-23H,2,12-19,24H2,1,3-5H3;2*1H4. The Bertz CT molecular complexity index is 1540. The molecule has 0 radical (unpaired) electrons. The van der Waals surface area contributed by atoms with Crippen molar-refractivity contribution in [1.82, 2.24) is 14.8 Å². The maximum atomic E-state index is 13.8. The van der Waals surface area contributed by atoms with Crippen molar-refractivity contribution in [1.29, 1.82) is 0 Å². The highest BCUT2D eigenvalue weighted by molar-refractivity contribution is 5.96. The minimum Gasteiger partial charge on any atom is -0.368 e. The molecule has 1 amide bonds. The third-order valence-electron chi connectivity index (χ3n) is 8.34. The maximum absolute atomic E-state index is 13.8. The lowest BCUT2D eigenvalue weighted by Gasteiger charge is -2.37. The number of hydrogen-bond acceptors (Lipinski definition) is 5. The topological polar surface area (TPSA) is 42.9 Å². The van der Waals surface area contributed by atoms with Gasteiger partial charge in [-0.05, 0) is 68.2 Å². The van der Waals surface area contributed by atoms with Gasteiger partial charge >= 0.3 is 0 Å². The number of nitrogens with zero attached hydrogens (tertiary/aromatic N) is 5. The number of carbonyl (C=O) groups is 1. The van der Waals surface area contributed by atoms with Gasteiger partial charge in [-0.3, -0.25) is 9.69 Å². The summed E-state index contributed by atoms with van der Waals surface area (Å²) in [6.45, 7) is 19.2. The molecule has 44 heavy (non-hydrogen) atoms. The highest BCUT2D eigenvalue weighted by Gasteiger charge is 2.26. The van der Waals surface area contributed by atoms with E-state index in [1.807, 2.05) is 11.8 Å². The van der Waals surface area contributed by atoms with Crippen molar-refractivity contribution < 1.29 is 9.18 Å². The number of piperazine rings is 2. The molecule has 234 valence electrons. The number of para-hydroxylation sites is 1. The fourth-order valence-electron chi connectivity index (χ4n) is 6.00. The molecule has 2 aliphatic rings. The van der Waals surface area contributed by atoms with Crippen molar-refractivity contribution in [2.45, 2.75) is 49.1 Å². The zero-order chi connectivity index (χ0) is 29.8. The molecule has 0 saturated carbocycles. The molecule has 0 spiro atoms. The maximum Gasteiger partial charge on any atom is 0.254 e. The van der Waals surface area contributed by atoms with Crippen LogP contribution in [0.5, 0.6) is 0 Å². The lowest BCUT2D eigenvalue weighted by molar-refractivity contribution is 0.0745. The highest BCUT2D eigenvalue weighted by Crippen LogP contribution is 2.28. The molecule has 3 heterocycles. The van der Waals surface area contributed by atoms with E-state index in [-0.39, 0.29) is 20.8 Å². The quantitative estimate of drug-likeness (QED) is 0.293. The molecule has 2 saturated heterocycles. The molecular weight excluding hydrogens is 549 g/mol. The summed E-state index contributed by atoms with van der Waals surface area (Å²) in [7, 11) is 0. The Morgan fingerprint density at radius 3 is 2.23 bits per heavy atom. The predicted molar refractivity (Wildman–Crippen MR) is 183 cm³/mol. The van der Waals surface area contributed by atoms with E-state index < -0.39 is 5.82 Å². The van der Waals surface area contributed by atoms with Crippen LogP contribution in [-0.4, -0.2) is 73.0 Å². The van der Waals surface area contributed by atoms with Gasteiger partial charge in [0.2, 0.25) is 0 Å². The number of anilines is 2. The average molecular weight is 598 g/mol. The predicted octanol–water partition coefficient (Wildman–Crippen LogP) is 6.80. The van der Waals surface area contributed by atoms with Crippen LogP contribution in [-0.2, 0) is 6.54 Å². The number of amides is 1. The number of pyridine rings is 1. The molecule has 6 nitrogen and oxygen atoms in total. The van der Waals surface area contributed by atoms with Crippen LogP contribution < -0.4 is 9.80 Å². The fourth-order valence-corrected chi connectivity index (χ4v) is 6.00. The summed E-state index contributed by atoms with van der Waals surface area (Å²) in [6, 6.07) is 14.2. The summed E-state index contributed by atoms with van der Waals surface area (Å²) in [6.07, 6.45) is 1.23. The first-order valence-corrected chi connectivity index (χ1v) is 14.7. The summed E-state index contributed by atoms with van der Waals surface area (Å²) in [4.78, 5) is 27.0. The van der Waals surface area contributed by atoms with Crippen molar-refractivity contribution >= 4 is 23.0 Å². The fraction of sp³-hybridized carbons (Fsp3) is 0.405. The summed E-state index contributed by atoms with van der Waals surface area (Å²) < 4.78 is 13.8. The van der Waals surface area contributed by atoms with E-state index in [2.05, 4.69) is 88.3 Å². The van der Waals surface area contributed by atoms with Gasteiger partial charge in [-0.2, -0.15) is 0 Å². The Hall–Kier alpha value is -4.15. The average Bonchev–Trinajstić information content (AvgIpc) is 2.99. The van der Waals surface area contributed by atoms with Crippen molar-refractivity contribution in [2.24, 2.45) is 0 Å². The van der Waals surface area contributed by atoms with E-state index >= 15 is 0 Å². The number of rotatable bonds is 6. The first-order valence-electron chi connectivity index (χ1n) is 14.7. The summed E-state index contributed by atoms with van der Waals surface area (Å²) in [5.74, 6) is 6.15. The minimum absolute atomic E-state index is 0. The molecular formula is C37H48FN5O. The van der Waals surface area contributed by atoms with Crippen LogP contribution in [0, 0.1) is 31.5 Å². The van der Waals surface area contributed by atoms with Crippen molar-refractivity contribution in [3.63, 3.8) is 0 Å². The number of halogens is 1. The zero-order valence-electron chi connectivity index (χ0n) is 25.2. The molecule has 0 N–H and O–H groups in total. The number of hydrogen-bond donors (Lipinski definition) is 0. The lowest BCUT2D eigenvalue weighted by Crippen LogP contribution is -2.49. The van der Waals surface area contributed by atoms with Gasteiger partial charge in [-0.15, -0.1) is 5.92 Å². The molecule has 2 aliphatic heterocycles. The SMILES string of the molecule is C.C.C=C(C)c1ccccc1N1CCN(Cc2cc(C(=O)N3CCN(c4ncc(F)cc4C#CC)CC3)c(C)cc2C)CC1. The van der Waals surface area contributed by atoms with E-state index in [0.29, 0.717) is 37.6 Å². The van der Waals surface area contributed by atoms with E-state index in [1.54, 1.807) is 6.92 Å². The highest BCUT2D eigenvalue weighted by atomic mass is 19.1. The van der Waals surface area contributed by atoms with Gasteiger partial charge in [0, 0.05) is 75.7 Å². The van der Waals surface area contributed by atoms with Crippen molar-refractivity contribution in [2.75, 3.05) is 62.2 Å². The van der Waals surface area contributed by atoms with Crippen LogP contribution in [0.4, 0.5) is 15.9 Å². The molecule has 0 aliphatic carbocycles. The summed E-state index contributed by atoms with van der Waals surface area (Å²) >= 11 is 0.